The SMILES string of the molecule is O=C(O)CN1C(=O)S/C(=C/c2c(OCc3ccc(Br)cc3)ccc3ccccc23)C1=O. The van der Waals surface area contributed by atoms with Crippen molar-refractivity contribution in [2.75, 3.05) is 6.54 Å². The fourth-order valence-electron chi connectivity index (χ4n) is 3.19. The van der Waals surface area contributed by atoms with Crippen LogP contribution in [0.1, 0.15) is 11.1 Å². The lowest BCUT2D eigenvalue weighted by Gasteiger charge is -2.13. The Labute approximate surface area is 190 Å². The van der Waals surface area contributed by atoms with Gasteiger partial charge in [0.15, 0.2) is 0 Å². The molecule has 1 N–H and O–H groups in total. The van der Waals surface area contributed by atoms with E-state index in [0.29, 0.717) is 17.9 Å². The van der Waals surface area contributed by atoms with Gasteiger partial charge < -0.3 is 9.84 Å². The van der Waals surface area contributed by atoms with Gasteiger partial charge in [-0.05, 0) is 52.4 Å². The molecule has 3 aromatic rings. The van der Waals surface area contributed by atoms with Gasteiger partial charge >= 0.3 is 5.97 Å². The summed E-state index contributed by atoms with van der Waals surface area (Å²) < 4.78 is 7.03. The molecule has 1 heterocycles. The summed E-state index contributed by atoms with van der Waals surface area (Å²) >= 11 is 4.13. The van der Waals surface area contributed by atoms with Crippen LogP contribution in [-0.2, 0) is 16.2 Å². The van der Waals surface area contributed by atoms with Crippen molar-refractivity contribution in [2.45, 2.75) is 6.61 Å². The summed E-state index contributed by atoms with van der Waals surface area (Å²) in [6, 6.07) is 19.2. The number of thioether (sulfide) groups is 1. The lowest BCUT2D eigenvalue weighted by Crippen LogP contribution is -2.33. The second-order valence-corrected chi connectivity index (χ2v) is 8.68. The molecule has 156 valence electrons. The van der Waals surface area contributed by atoms with Crippen LogP contribution in [0.25, 0.3) is 16.8 Å². The van der Waals surface area contributed by atoms with E-state index in [1.807, 2.05) is 60.7 Å². The monoisotopic (exact) mass is 497 g/mol. The maximum atomic E-state index is 12.6. The number of carboxylic acids is 1. The average molecular weight is 498 g/mol. The van der Waals surface area contributed by atoms with Crippen molar-refractivity contribution in [3.8, 4) is 5.75 Å². The molecule has 31 heavy (non-hydrogen) atoms. The van der Waals surface area contributed by atoms with Crippen LogP contribution in [0.4, 0.5) is 4.79 Å². The minimum absolute atomic E-state index is 0.163. The fraction of sp³-hybridized carbons (Fsp3) is 0.0870. The number of rotatable bonds is 6. The highest BCUT2D eigenvalue weighted by Gasteiger charge is 2.36. The fourth-order valence-corrected chi connectivity index (χ4v) is 4.28. The zero-order valence-corrected chi connectivity index (χ0v) is 18.5. The smallest absolute Gasteiger partial charge is 0.323 e. The van der Waals surface area contributed by atoms with Crippen LogP contribution in [0.2, 0.25) is 0 Å². The van der Waals surface area contributed by atoms with Gasteiger partial charge in [0.05, 0.1) is 4.91 Å². The lowest BCUT2D eigenvalue weighted by molar-refractivity contribution is -0.140. The van der Waals surface area contributed by atoms with Gasteiger partial charge in [-0.15, -0.1) is 0 Å². The molecule has 0 aromatic heterocycles. The zero-order valence-electron chi connectivity index (χ0n) is 16.1. The van der Waals surface area contributed by atoms with Crippen molar-refractivity contribution < 1.29 is 24.2 Å². The molecule has 8 heteroatoms. The predicted molar refractivity (Wildman–Crippen MR) is 123 cm³/mol. The summed E-state index contributed by atoms with van der Waals surface area (Å²) in [4.78, 5) is 36.6. The Bertz CT molecular complexity index is 1220. The second kappa shape index (κ2) is 8.95. The van der Waals surface area contributed by atoms with E-state index in [4.69, 9.17) is 9.84 Å². The summed E-state index contributed by atoms with van der Waals surface area (Å²) in [6.45, 7) is -0.336. The molecule has 0 aliphatic carbocycles. The molecule has 0 bridgehead atoms. The summed E-state index contributed by atoms with van der Waals surface area (Å²) in [6.07, 6.45) is 1.60. The van der Waals surface area contributed by atoms with Crippen molar-refractivity contribution in [3.05, 3.63) is 81.2 Å². The predicted octanol–water partition coefficient (Wildman–Crippen LogP) is 5.30. The Balaban J connectivity index is 1.71. The molecule has 0 radical (unpaired) electrons. The Morgan fingerprint density at radius 2 is 1.81 bits per heavy atom. The molecule has 0 spiro atoms. The molecule has 1 fully saturated rings. The first-order valence-electron chi connectivity index (χ1n) is 9.28. The number of imide groups is 1. The van der Waals surface area contributed by atoms with Crippen LogP contribution < -0.4 is 4.74 Å². The van der Waals surface area contributed by atoms with Gasteiger partial charge in [-0.1, -0.05) is 58.4 Å². The van der Waals surface area contributed by atoms with Crippen LogP contribution in [-0.4, -0.2) is 33.7 Å². The Kier molecular flexibility index (Phi) is 6.11. The van der Waals surface area contributed by atoms with Crippen LogP contribution in [0.5, 0.6) is 5.75 Å². The minimum atomic E-state index is -1.24. The maximum absolute atomic E-state index is 12.6. The van der Waals surface area contributed by atoms with Crippen molar-refractivity contribution in [3.63, 3.8) is 0 Å². The van der Waals surface area contributed by atoms with E-state index in [1.165, 1.54) is 0 Å². The summed E-state index contributed by atoms with van der Waals surface area (Å²) in [5.74, 6) is -1.30. The van der Waals surface area contributed by atoms with Crippen molar-refractivity contribution in [1.82, 2.24) is 4.90 Å². The number of carbonyl (C=O) groups excluding carboxylic acids is 2. The number of carboxylic acid groups (broad SMARTS) is 1. The third kappa shape index (κ3) is 4.65. The van der Waals surface area contributed by atoms with E-state index in [9.17, 15) is 14.4 Å². The third-order valence-corrected chi connectivity index (χ3v) is 6.12. The second-order valence-electron chi connectivity index (χ2n) is 6.78. The number of ether oxygens (including phenoxy) is 1. The lowest BCUT2D eigenvalue weighted by atomic mass is 10.0. The first-order chi connectivity index (χ1) is 14.9. The molecule has 3 aromatic carbocycles. The number of aliphatic carboxylic acids is 1. The zero-order chi connectivity index (χ0) is 22.0. The molecular formula is C23H16BrNO5S. The van der Waals surface area contributed by atoms with Gasteiger partial charge in [0.2, 0.25) is 0 Å². The quantitative estimate of drug-likeness (QED) is 0.465. The molecule has 1 aliphatic rings. The molecule has 1 saturated heterocycles. The van der Waals surface area contributed by atoms with Gasteiger partial charge in [-0.25, -0.2) is 0 Å². The standard InChI is InChI=1S/C23H16BrNO5S/c24-16-8-5-14(6-9-16)13-30-19-10-7-15-3-1-2-4-17(15)18(19)11-20-22(28)25(12-21(26)27)23(29)31-20/h1-11H,12-13H2,(H,26,27)/b20-11+. The largest absolute Gasteiger partial charge is 0.488 e. The highest BCUT2D eigenvalue weighted by atomic mass is 79.9. The number of halogens is 1. The topological polar surface area (TPSA) is 83.9 Å². The van der Waals surface area contributed by atoms with Crippen LogP contribution >= 0.6 is 27.7 Å². The van der Waals surface area contributed by atoms with Gasteiger partial charge in [-0.2, -0.15) is 0 Å². The normalized spacial score (nSPS) is 15.1. The van der Waals surface area contributed by atoms with E-state index < -0.39 is 23.7 Å². The van der Waals surface area contributed by atoms with Gasteiger partial charge in [-0.3, -0.25) is 19.3 Å². The van der Waals surface area contributed by atoms with E-state index in [-0.39, 0.29) is 4.91 Å². The number of fused-ring (bicyclic) bond motifs is 1. The number of amides is 2. The molecule has 4 rings (SSSR count). The number of nitrogens with zero attached hydrogens (tertiary/aromatic N) is 1. The van der Waals surface area contributed by atoms with E-state index in [0.717, 1.165) is 37.5 Å². The maximum Gasteiger partial charge on any atom is 0.323 e. The van der Waals surface area contributed by atoms with Crippen LogP contribution in [0.15, 0.2) is 70.0 Å². The summed E-state index contributed by atoms with van der Waals surface area (Å²) in [5.41, 5.74) is 1.64. The molecule has 0 atom stereocenters. The third-order valence-electron chi connectivity index (χ3n) is 4.68. The number of benzene rings is 3. The van der Waals surface area contributed by atoms with E-state index in [1.54, 1.807) is 6.08 Å². The highest BCUT2D eigenvalue weighted by molar-refractivity contribution is 9.10. The summed E-state index contributed by atoms with van der Waals surface area (Å²) in [5, 5.41) is 10.2. The first-order valence-corrected chi connectivity index (χ1v) is 10.9. The number of carbonyl (C=O) groups is 3. The number of hydrogen-bond donors (Lipinski definition) is 1. The van der Waals surface area contributed by atoms with Crippen molar-refractivity contribution in [2.24, 2.45) is 0 Å². The minimum Gasteiger partial charge on any atom is -0.488 e. The van der Waals surface area contributed by atoms with Crippen LogP contribution in [0, 0.1) is 0 Å². The van der Waals surface area contributed by atoms with E-state index in [2.05, 4.69) is 15.9 Å². The van der Waals surface area contributed by atoms with Gasteiger partial charge in [0.25, 0.3) is 11.1 Å². The molecule has 2 amide bonds. The highest BCUT2D eigenvalue weighted by Crippen LogP contribution is 2.37. The molecule has 0 saturated carbocycles. The average Bonchev–Trinajstić information content (AvgIpc) is 3.01. The van der Waals surface area contributed by atoms with Gasteiger partial charge in [0, 0.05) is 10.0 Å². The van der Waals surface area contributed by atoms with E-state index >= 15 is 0 Å². The molecule has 6 nitrogen and oxygen atoms in total. The van der Waals surface area contributed by atoms with Crippen molar-refractivity contribution >= 4 is 61.7 Å². The summed E-state index contributed by atoms with van der Waals surface area (Å²) in [7, 11) is 0. The van der Waals surface area contributed by atoms with Crippen molar-refractivity contribution in [1.29, 1.82) is 0 Å². The Morgan fingerprint density at radius 1 is 1.06 bits per heavy atom. The molecule has 1 aliphatic heterocycles. The number of hydrogen-bond acceptors (Lipinski definition) is 5. The van der Waals surface area contributed by atoms with Crippen LogP contribution in [0.3, 0.4) is 0 Å². The molecule has 0 unspecified atom stereocenters. The Morgan fingerprint density at radius 3 is 2.55 bits per heavy atom. The Hall–Kier alpha value is -3.10. The van der Waals surface area contributed by atoms with Gasteiger partial charge in [0.1, 0.15) is 18.9 Å². The first kappa shape index (κ1) is 21.1. The molecular weight excluding hydrogens is 482 g/mol.